The first kappa shape index (κ1) is 24.2. The van der Waals surface area contributed by atoms with Crippen LogP contribution in [-0.2, 0) is 12.8 Å². The van der Waals surface area contributed by atoms with E-state index in [-0.39, 0.29) is 5.82 Å². The minimum Gasteiger partial charge on any atom is -0.206 e. The Balaban J connectivity index is 1.33. The average Bonchev–Trinajstić information content (AvgIpc) is 2.85. The molecule has 1 aliphatic rings. The molecule has 1 heterocycles. The van der Waals surface area contributed by atoms with Crippen molar-refractivity contribution in [3.63, 3.8) is 0 Å². The summed E-state index contributed by atoms with van der Waals surface area (Å²) in [6.45, 7) is 2.29. The molecule has 3 aromatic rings. The van der Waals surface area contributed by atoms with Gasteiger partial charge in [-0.3, -0.25) is 0 Å². The van der Waals surface area contributed by atoms with Crippen LogP contribution >= 0.6 is 11.6 Å². The minimum atomic E-state index is -0.524. The molecule has 0 atom stereocenters. The van der Waals surface area contributed by atoms with E-state index in [0.29, 0.717) is 11.5 Å². The second-order valence-electron chi connectivity index (χ2n) is 9.78. The van der Waals surface area contributed by atoms with Gasteiger partial charge in [0.05, 0.1) is 0 Å². The Labute approximate surface area is 205 Å². The zero-order valence-corrected chi connectivity index (χ0v) is 21.7. The monoisotopic (exact) mass is 478 g/mol. The van der Waals surface area contributed by atoms with Crippen LogP contribution in [0.25, 0.3) is 11.1 Å². The Morgan fingerprint density at radius 1 is 0.848 bits per heavy atom. The molecule has 0 amide bonds. The van der Waals surface area contributed by atoms with Gasteiger partial charge in [0.25, 0.3) is 0 Å². The smallest absolute Gasteiger partial charge is 0.131 e. The third-order valence-electron chi connectivity index (χ3n) is 7.41. The van der Waals surface area contributed by atoms with Crippen LogP contribution in [0.15, 0.2) is 66.7 Å². The Bertz CT molecular complexity index is 1000. The van der Waals surface area contributed by atoms with Crippen molar-refractivity contribution in [3.8, 4) is 11.1 Å². The van der Waals surface area contributed by atoms with Gasteiger partial charge >= 0.3 is 0 Å². The highest BCUT2D eigenvalue weighted by Crippen LogP contribution is 2.37. The van der Waals surface area contributed by atoms with Crippen LogP contribution in [0.3, 0.4) is 0 Å². The van der Waals surface area contributed by atoms with Crippen molar-refractivity contribution in [2.75, 3.05) is 0 Å². The van der Waals surface area contributed by atoms with Gasteiger partial charge < -0.3 is 0 Å². The highest BCUT2D eigenvalue weighted by Gasteiger charge is 2.23. The van der Waals surface area contributed by atoms with E-state index in [1.807, 2.05) is 24.3 Å². The van der Waals surface area contributed by atoms with Crippen LogP contribution < -0.4 is 0 Å². The lowest BCUT2D eigenvalue weighted by atomic mass is 9.91. The second-order valence-corrected chi connectivity index (χ2v) is 13.7. The molecular formula is C30H36ClFSi. The molecule has 3 aromatic carbocycles. The maximum absolute atomic E-state index is 15.1. The molecule has 0 aliphatic carbocycles. The van der Waals surface area contributed by atoms with Crippen molar-refractivity contribution in [3.05, 3.63) is 94.3 Å². The number of unbranched alkanes of at least 4 members (excludes halogenated alkanes) is 2. The maximum atomic E-state index is 15.1. The molecule has 1 saturated heterocycles. The summed E-state index contributed by atoms with van der Waals surface area (Å²) in [5.74, 6) is 0.474. The first-order valence-corrected chi connectivity index (χ1v) is 15.6. The number of aryl methyl sites for hydroxylation is 2. The van der Waals surface area contributed by atoms with E-state index in [1.165, 1.54) is 66.9 Å². The second kappa shape index (κ2) is 12.0. The fourth-order valence-electron chi connectivity index (χ4n) is 5.28. The normalized spacial score (nSPS) is 18.4. The predicted octanol–water partition coefficient (Wildman–Crippen LogP) is 9.23. The van der Waals surface area contributed by atoms with Gasteiger partial charge in [0, 0.05) is 19.4 Å². The molecule has 0 nitrogen and oxygen atoms in total. The summed E-state index contributed by atoms with van der Waals surface area (Å²) in [5, 5.41) is 0.771. The molecular weight excluding hydrogens is 443 g/mol. The van der Waals surface area contributed by atoms with Gasteiger partial charge in [-0.05, 0) is 72.1 Å². The van der Waals surface area contributed by atoms with Gasteiger partial charge in [-0.15, -0.1) is 0 Å². The van der Waals surface area contributed by atoms with Crippen molar-refractivity contribution in [1.29, 1.82) is 0 Å². The maximum Gasteiger partial charge on any atom is 0.131 e. The summed E-state index contributed by atoms with van der Waals surface area (Å²) in [4.78, 5) is 0. The summed E-state index contributed by atoms with van der Waals surface area (Å²) in [6.07, 6.45) is 8.62. The molecule has 1 fully saturated rings. The lowest BCUT2D eigenvalue weighted by Crippen LogP contribution is -2.20. The topological polar surface area (TPSA) is 0 Å². The van der Waals surface area contributed by atoms with Gasteiger partial charge in [-0.25, -0.2) is 4.39 Å². The molecule has 0 bridgehead atoms. The zero-order valence-electron chi connectivity index (χ0n) is 19.8. The Morgan fingerprint density at radius 3 is 2.09 bits per heavy atom. The van der Waals surface area contributed by atoms with Crippen LogP contribution in [-0.4, -0.2) is 8.80 Å². The Kier molecular flexibility index (Phi) is 8.80. The minimum absolute atomic E-state index is 0.0799. The van der Waals surface area contributed by atoms with E-state index >= 15 is 4.39 Å². The molecule has 0 N–H and O–H groups in total. The van der Waals surface area contributed by atoms with Gasteiger partial charge in [0.15, 0.2) is 0 Å². The summed E-state index contributed by atoms with van der Waals surface area (Å²) in [5.41, 5.74) is 5.43. The van der Waals surface area contributed by atoms with Crippen LogP contribution in [0.4, 0.5) is 4.39 Å². The highest BCUT2D eigenvalue weighted by atomic mass is 35.5. The van der Waals surface area contributed by atoms with Crippen molar-refractivity contribution < 1.29 is 4.39 Å². The van der Waals surface area contributed by atoms with E-state index in [2.05, 4.69) is 49.4 Å². The lowest BCUT2D eigenvalue weighted by Gasteiger charge is -2.28. The number of rotatable bonds is 9. The van der Waals surface area contributed by atoms with E-state index in [1.54, 1.807) is 0 Å². The summed E-state index contributed by atoms with van der Waals surface area (Å²) < 4.78 is 15.1. The van der Waals surface area contributed by atoms with Gasteiger partial charge in [0.1, 0.15) is 5.82 Å². The molecule has 0 unspecified atom stereocenters. The SMILES string of the molecule is CCCCC[Si@H]1CC[C@H](c2ccc(-c3ccc(CCc4ccc(Cl)cc4)cc3)c(F)c2)CC1. The van der Waals surface area contributed by atoms with Crippen LogP contribution in [0.1, 0.15) is 61.6 Å². The number of hydrogen-bond donors (Lipinski definition) is 0. The lowest BCUT2D eigenvalue weighted by molar-refractivity contribution is 0.588. The molecule has 1 aliphatic heterocycles. The van der Waals surface area contributed by atoms with Crippen molar-refractivity contribution >= 4 is 20.4 Å². The van der Waals surface area contributed by atoms with E-state index in [4.69, 9.17) is 11.6 Å². The molecule has 33 heavy (non-hydrogen) atoms. The molecule has 0 spiro atoms. The standard InChI is InChI=1S/C30H36ClFSi/c1-2-3-4-19-33-20-17-25(18-21-33)27-13-16-29(30(32)22-27)26-11-7-23(8-12-26)5-6-24-9-14-28(31)15-10-24/h7-16,22,25,33H,2-6,17-21H2,1H3/t25-,33-. The highest BCUT2D eigenvalue weighted by molar-refractivity contribution is 6.59. The number of hydrogen-bond acceptors (Lipinski definition) is 0. The average molecular weight is 479 g/mol. The molecule has 0 aromatic heterocycles. The molecule has 4 rings (SSSR count). The molecule has 0 radical (unpaired) electrons. The third kappa shape index (κ3) is 6.80. The largest absolute Gasteiger partial charge is 0.206 e. The third-order valence-corrected chi connectivity index (χ3v) is 11.2. The first-order chi connectivity index (χ1) is 16.1. The summed E-state index contributed by atoms with van der Waals surface area (Å²) >= 11 is 5.97. The molecule has 174 valence electrons. The number of halogens is 2. The Hall–Kier alpha value is -1.90. The number of benzene rings is 3. The van der Waals surface area contributed by atoms with Crippen molar-refractivity contribution in [2.45, 2.75) is 75.9 Å². The van der Waals surface area contributed by atoms with Gasteiger partial charge in [0.2, 0.25) is 0 Å². The Morgan fingerprint density at radius 2 is 1.48 bits per heavy atom. The van der Waals surface area contributed by atoms with Crippen LogP contribution in [0.5, 0.6) is 0 Å². The fraction of sp³-hybridized carbons (Fsp3) is 0.400. The predicted molar refractivity (Wildman–Crippen MR) is 144 cm³/mol. The van der Waals surface area contributed by atoms with Gasteiger partial charge in [-0.1, -0.05) is 104 Å². The van der Waals surface area contributed by atoms with E-state index in [0.717, 1.165) is 23.4 Å². The molecule has 0 saturated carbocycles. The summed E-state index contributed by atoms with van der Waals surface area (Å²) in [6, 6.07) is 26.8. The van der Waals surface area contributed by atoms with E-state index in [9.17, 15) is 0 Å². The molecule has 3 heteroatoms. The van der Waals surface area contributed by atoms with Crippen LogP contribution in [0, 0.1) is 5.82 Å². The quantitative estimate of drug-likeness (QED) is 0.212. The summed E-state index contributed by atoms with van der Waals surface area (Å²) in [7, 11) is -0.524. The zero-order chi connectivity index (χ0) is 23.0. The van der Waals surface area contributed by atoms with E-state index < -0.39 is 8.80 Å². The van der Waals surface area contributed by atoms with Crippen molar-refractivity contribution in [1.82, 2.24) is 0 Å². The fourth-order valence-corrected chi connectivity index (χ4v) is 8.88. The van der Waals surface area contributed by atoms with Gasteiger partial charge in [-0.2, -0.15) is 0 Å². The van der Waals surface area contributed by atoms with Crippen LogP contribution in [0.2, 0.25) is 23.2 Å². The van der Waals surface area contributed by atoms with Crippen molar-refractivity contribution in [2.24, 2.45) is 0 Å². The first-order valence-electron chi connectivity index (χ1n) is 12.8.